The number of sulfone groups is 1. The van der Waals surface area contributed by atoms with Crippen molar-refractivity contribution in [2.75, 3.05) is 11.1 Å². The van der Waals surface area contributed by atoms with E-state index in [4.69, 9.17) is 0 Å². The van der Waals surface area contributed by atoms with E-state index in [2.05, 4.69) is 21.2 Å². The SMILES string of the molecule is Cc1ccc(S(=O)(=O)CC(=O)Nc2ccc(Br)cc2C)cc1. The third-order valence-corrected chi connectivity index (χ3v) is 5.29. The molecular formula is C16H16BrNO3S. The van der Waals surface area contributed by atoms with Crippen LogP contribution in [0, 0.1) is 13.8 Å². The first-order valence-electron chi connectivity index (χ1n) is 6.63. The molecule has 2 rings (SSSR count). The molecule has 0 heterocycles. The molecule has 0 saturated carbocycles. The molecule has 116 valence electrons. The van der Waals surface area contributed by atoms with Gasteiger partial charge in [-0.25, -0.2) is 8.42 Å². The van der Waals surface area contributed by atoms with Crippen molar-refractivity contribution < 1.29 is 13.2 Å². The molecule has 0 spiro atoms. The number of hydrogen-bond acceptors (Lipinski definition) is 3. The number of carbonyl (C=O) groups is 1. The highest BCUT2D eigenvalue weighted by molar-refractivity contribution is 9.10. The number of benzene rings is 2. The molecule has 0 aliphatic rings. The number of amides is 1. The van der Waals surface area contributed by atoms with Crippen molar-refractivity contribution in [2.45, 2.75) is 18.7 Å². The van der Waals surface area contributed by atoms with Crippen molar-refractivity contribution in [1.29, 1.82) is 0 Å². The van der Waals surface area contributed by atoms with Crippen LogP contribution in [0.2, 0.25) is 0 Å². The zero-order valence-corrected chi connectivity index (χ0v) is 14.7. The summed E-state index contributed by atoms with van der Waals surface area (Å²) in [5, 5.41) is 2.64. The number of aryl methyl sites for hydroxylation is 2. The van der Waals surface area contributed by atoms with E-state index in [0.717, 1.165) is 15.6 Å². The van der Waals surface area contributed by atoms with Gasteiger partial charge in [0.15, 0.2) is 9.84 Å². The van der Waals surface area contributed by atoms with Gasteiger partial charge in [0, 0.05) is 10.2 Å². The molecule has 22 heavy (non-hydrogen) atoms. The van der Waals surface area contributed by atoms with Gasteiger partial charge >= 0.3 is 0 Å². The Hall–Kier alpha value is -1.66. The van der Waals surface area contributed by atoms with Gasteiger partial charge in [0.2, 0.25) is 5.91 Å². The summed E-state index contributed by atoms with van der Waals surface area (Å²) < 4.78 is 25.3. The van der Waals surface area contributed by atoms with Gasteiger partial charge in [-0.05, 0) is 49.7 Å². The first-order valence-corrected chi connectivity index (χ1v) is 9.08. The molecular weight excluding hydrogens is 366 g/mol. The molecule has 0 saturated heterocycles. The van der Waals surface area contributed by atoms with Gasteiger partial charge < -0.3 is 5.32 Å². The summed E-state index contributed by atoms with van der Waals surface area (Å²) >= 11 is 3.34. The topological polar surface area (TPSA) is 63.2 Å². The van der Waals surface area contributed by atoms with Gasteiger partial charge in [0.05, 0.1) is 4.90 Å². The predicted molar refractivity (Wildman–Crippen MR) is 90.7 cm³/mol. The molecule has 1 N–H and O–H groups in total. The monoisotopic (exact) mass is 381 g/mol. The lowest BCUT2D eigenvalue weighted by molar-refractivity contribution is -0.113. The Bertz CT molecular complexity index is 799. The summed E-state index contributed by atoms with van der Waals surface area (Å²) in [4.78, 5) is 12.2. The largest absolute Gasteiger partial charge is 0.325 e. The summed E-state index contributed by atoms with van der Waals surface area (Å²) in [6.45, 7) is 3.72. The second-order valence-corrected chi connectivity index (χ2v) is 7.98. The lowest BCUT2D eigenvalue weighted by atomic mass is 10.2. The first kappa shape index (κ1) is 16.7. The van der Waals surface area contributed by atoms with Crippen LogP contribution in [-0.4, -0.2) is 20.1 Å². The van der Waals surface area contributed by atoms with Crippen LogP contribution in [0.1, 0.15) is 11.1 Å². The Morgan fingerprint density at radius 3 is 2.32 bits per heavy atom. The standard InChI is InChI=1S/C16H16BrNO3S/c1-11-3-6-14(7-4-11)22(20,21)10-16(19)18-15-8-5-13(17)9-12(15)2/h3-9H,10H2,1-2H3,(H,18,19). The van der Waals surface area contributed by atoms with Crippen molar-refractivity contribution >= 4 is 37.4 Å². The number of rotatable bonds is 4. The summed E-state index contributed by atoms with van der Waals surface area (Å²) in [6.07, 6.45) is 0. The molecule has 1 amide bonds. The Morgan fingerprint density at radius 1 is 1.09 bits per heavy atom. The lowest BCUT2D eigenvalue weighted by Crippen LogP contribution is -2.23. The minimum absolute atomic E-state index is 0.153. The first-order chi connectivity index (χ1) is 10.3. The van der Waals surface area contributed by atoms with E-state index >= 15 is 0 Å². The van der Waals surface area contributed by atoms with Crippen molar-refractivity contribution in [2.24, 2.45) is 0 Å². The van der Waals surface area contributed by atoms with E-state index in [1.54, 1.807) is 24.3 Å². The average Bonchev–Trinajstić information content (AvgIpc) is 2.42. The molecule has 2 aromatic carbocycles. The van der Waals surface area contributed by atoms with E-state index in [0.29, 0.717) is 5.69 Å². The molecule has 0 radical (unpaired) electrons. The fraction of sp³-hybridized carbons (Fsp3) is 0.188. The molecule has 0 aromatic heterocycles. The second kappa shape index (κ2) is 6.62. The lowest BCUT2D eigenvalue weighted by Gasteiger charge is -2.09. The van der Waals surface area contributed by atoms with Crippen LogP contribution < -0.4 is 5.32 Å². The number of halogens is 1. The Morgan fingerprint density at radius 2 is 1.73 bits per heavy atom. The summed E-state index contributed by atoms with van der Waals surface area (Å²) in [5.41, 5.74) is 2.43. The van der Waals surface area contributed by atoms with Gasteiger partial charge in [0.1, 0.15) is 5.75 Å². The fourth-order valence-electron chi connectivity index (χ4n) is 1.96. The quantitative estimate of drug-likeness (QED) is 0.881. The maximum absolute atomic E-state index is 12.2. The molecule has 4 nitrogen and oxygen atoms in total. The third-order valence-electron chi connectivity index (χ3n) is 3.16. The number of anilines is 1. The van der Waals surface area contributed by atoms with Crippen molar-refractivity contribution in [3.8, 4) is 0 Å². The highest BCUT2D eigenvalue weighted by atomic mass is 79.9. The Balaban J connectivity index is 2.12. The van der Waals surface area contributed by atoms with E-state index in [1.165, 1.54) is 12.1 Å². The van der Waals surface area contributed by atoms with Crippen molar-refractivity contribution in [3.05, 3.63) is 58.1 Å². The zero-order chi connectivity index (χ0) is 16.3. The van der Waals surface area contributed by atoms with Crippen molar-refractivity contribution in [1.82, 2.24) is 0 Å². The minimum atomic E-state index is -3.64. The van der Waals surface area contributed by atoms with Crippen LogP contribution in [0.4, 0.5) is 5.69 Å². The fourth-order valence-corrected chi connectivity index (χ4v) is 3.57. The Labute approximate surface area is 138 Å². The second-order valence-electron chi connectivity index (χ2n) is 5.08. The minimum Gasteiger partial charge on any atom is -0.325 e. The number of hydrogen-bond donors (Lipinski definition) is 1. The van der Waals surface area contributed by atoms with Gasteiger partial charge in [0.25, 0.3) is 0 Å². The molecule has 0 aliphatic heterocycles. The maximum Gasteiger partial charge on any atom is 0.239 e. The van der Waals surface area contributed by atoms with E-state index in [-0.39, 0.29) is 4.90 Å². The molecule has 0 fully saturated rings. The van der Waals surface area contributed by atoms with E-state index in [1.807, 2.05) is 19.9 Å². The maximum atomic E-state index is 12.2. The molecule has 0 atom stereocenters. The molecule has 0 unspecified atom stereocenters. The number of nitrogens with one attached hydrogen (secondary N) is 1. The van der Waals surface area contributed by atoms with E-state index in [9.17, 15) is 13.2 Å². The summed E-state index contributed by atoms with van der Waals surface area (Å²) in [5.74, 6) is -1.13. The predicted octanol–water partition coefficient (Wildman–Crippen LogP) is 3.48. The summed E-state index contributed by atoms with van der Waals surface area (Å²) in [7, 11) is -3.64. The van der Waals surface area contributed by atoms with Crippen LogP contribution >= 0.6 is 15.9 Å². The Kier molecular flexibility index (Phi) is 5.03. The van der Waals surface area contributed by atoms with Gasteiger partial charge in [-0.3, -0.25) is 4.79 Å². The molecule has 2 aromatic rings. The smallest absolute Gasteiger partial charge is 0.239 e. The van der Waals surface area contributed by atoms with Crippen molar-refractivity contribution in [3.63, 3.8) is 0 Å². The van der Waals surface area contributed by atoms with Gasteiger partial charge in [-0.15, -0.1) is 0 Å². The van der Waals surface area contributed by atoms with Gasteiger partial charge in [-0.1, -0.05) is 33.6 Å². The third kappa shape index (κ3) is 4.18. The van der Waals surface area contributed by atoms with Gasteiger partial charge in [-0.2, -0.15) is 0 Å². The zero-order valence-electron chi connectivity index (χ0n) is 12.3. The molecule has 0 aliphatic carbocycles. The van der Waals surface area contributed by atoms with Crippen LogP contribution in [0.3, 0.4) is 0 Å². The average molecular weight is 382 g/mol. The van der Waals surface area contributed by atoms with Crippen LogP contribution in [0.15, 0.2) is 51.8 Å². The van der Waals surface area contributed by atoms with Crippen LogP contribution in [-0.2, 0) is 14.6 Å². The molecule has 0 bridgehead atoms. The highest BCUT2D eigenvalue weighted by Crippen LogP contribution is 2.20. The van der Waals surface area contributed by atoms with E-state index < -0.39 is 21.5 Å². The van der Waals surface area contributed by atoms with Crippen LogP contribution in [0.25, 0.3) is 0 Å². The highest BCUT2D eigenvalue weighted by Gasteiger charge is 2.19. The molecule has 6 heteroatoms. The van der Waals surface area contributed by atoms with Crippen LogP contribution in [0.5, 0.6) is 0 Å². The number of carbonyl (C=O) groups excluding carboxylic acids is 1. The normalized spacial score (nSPS) is 11.2. The summed E-state index contributed by atoms with van der Waals surface area (Å²) in [6, 6.07) is 11.8.